The van der Waals surface area contributed by atoms with E-state index in [1.165, 1.54) is 6.42 Å². The van der Waals surface area contributed by atoms with Gasteiger partial charge in [0.25, 0.3) is 0 Å². The minimum absolute atomic E-state index is 0.0785. The first kappa shape index (κ1) is 25.1. The zero-order valence-corrected chi connectivity index (χ0v) is 20.8. The van der Waals surface area contributed by atoms with E-state index in [1.54, 1.807) is 6.07 Å². The van der Waals surface area contributed by atoms with Gasteiger partial charge in [0.2, 0.25) is 0 Å². The Kier molecular flexibility index (Phi) is 8.55. The predicted molar refractivity (Wildman–Crippen MR) is 135 cm³/mol. The molecule has 2 aliphatic rings. The van der Waals surface area contributed by atoms with Crippen LogP contribution in [0.15, 0.2) is 36.4 Å². The first-order chi connectivity index (χ1) is 16.5. The van der Waals surface area contributed by atoms with E-state index in [0.717, 1.165) is 81.3 Å². The van der Waals surface area contributed by atoms with Gasteiger partial charge in [-0.05, 0) is 110 Å². The molecule has 184 valence electrons. The summed E-state index contributed by atoms with van der Waals surface area (Å²) in [5.74, 6) is 0.0300. The number of benzene rings is 2. The fourth-order valence-corrected chi connectivity index (χ4v) is 6.10. The standard InChI is InChI=1S/C31H39F3/c1-3-5-26-17-12-23(20-29(26)32)7-6-22-10-15-25(16-11-22)28-19-18-27(30(33)31(28)34)24-13-8-21(4-2)9-14-24/h6-7,12,17-22,24-25H,3-5,8-11,13-16H2,1-2H3. The van der Waals surface area contributed by atoms with Gasteiger partial charge in [-0.25, -0.2) is 13.2 Å². The molecule has 0 radical (unpaired) electrons. The van der Waals surface area contributed by atoms with Crippen molar-refractivity contribution in [3.8, 4) is 0 Å². The monoisotopic (exact) mass is 468 g/mol. The van der Waals surface area contributed by atoms with Gasteiger partial charge in [-0.2, -0.15) is 0 Å². The second kappa shape index (κ2) is 11.6. The zero-order valence-electron chi connectivity index (χ0n) is 20.8. The summed E-state index contributed by atoms with van der Waals surface area (Å²) >= 11 is 0. The number of allylic oxidation sites excluding steroid dienone is 1. The van der Waals surface area contributed by atoms with E-state index in [0.29, 0.717) is 17.0 Å². The van der Waals surface area contributed by atoms with Crippen molar-refractivity contribution in [3.05, 3.63) is 76.1 Å². The van der Waals surface area contributed by atoms with Gasteiger partial charge >= 0.3 is 0 Å². The SMILES string of the molecule is CCCc1ccc(C=CC2CCC(c3ccc(C4CCC(CC)CC4)c(F)c3F)CC2)cc1F. The lowest BCUT2D eigenvalue weighted by atomic mass is 9.75. The predicted octanol–water partition coefficient (Wildman–Crippen LogP) is 9.73. The van der Waals surface area contributed by atoms with Crippen molar-refractivity contribution in [2.45, 2.75) is 96.3 Å². The molecular formula is C31H39F3. The van der Waals surface area contributed by atoms with Gasteiger partial charge in [-0.15, -0.1) is 0 Å². The molecule has 34 heavy (non-hydrogen) atoms. The maximum Gasteiger partial charge on any atom is 0.162 e. The Morgan fingerprint density at radius 2 is 1.35 bits per heavy atom. The molecule has 2 saturated carbocycles. The maximum atomic E-state index is 15.1. The lowest BCUT2D eigenvalue weighted by molar-refractivity contribution is 0.311. The zero-order chi connectivity index (χ0) is 24.1. The molecule has 2 aromatic rings. The van der Waals surface area contributed by atoms with Crippen LogP contribution in [-0.4, -0.2) is 0 Å². The Bertz CT molecular complexity index is 976. The van der Waals surface area contributed by atoms with E-state index < -0.39 is 11.6 Å². The van der Waals surface area contributed by atoms with Crippen molar-refractivity contribution in [2.24, 2.45) is 11.8 Å². The van der Waals surface area contributed by atoms with Crippen LogP contribution < -0.4 is 0 Å². The molecule has 2 aromatic carbocycles. The molecule has 0 unspecified atom stereocenters. The number of halogens is 3. The molecule has 0 aromatic heterocycles. The Morgan fingerprint density at radius 3 is 1.88 bits per heavy atom. The molecule has 0 bridgehead atoms. The topological polar surface area (TPSA) is 0 Å². The van der Waals surface area contributed by atoms with E-state index >= 15 is 8.78 Å². The summed E-state index contributed by atoms with van der Waals surface area (Å²) in [5, 5.41) is 0. The van der Waals surface area contributed by atoms with Gasteiger partial charge in [0.05, 0.1) is 0 Å². The van der Waals surface area contributed by atoms with Crippen LogP contribution in [-0.2, 0) is 6.42 Å². The second-order valence-electron chi connectivity index (χ2n) is 10.6. The molecule has 0 N–H and O–H groups in total. The minimum Gasteiger partial charge on any atom is -0.207 e. The molecule has 4 rings (SSSR count). The van der Waals surface area contributed by atoms with E-state index in [1.807, 2.05) is 30.3 Å². The average molecular weight is 469 g/mol. The minimum atomic E-state index is -0.614. The van der Waals surface area contributed by atoms with Crippen LogP contribution in [0.1, 0.15) is 112 Å². The molecular weight excluding hydrogens is 429 g/mol. The highest BCUT2D eigenvalue weighted by molar-refractivity contribution is 5.50. The molecule has 0 aliphatic heterocycles. The van der Waals surface area contributed by atoms with E-state index in [4.69, 9.17) is 0 Å². The molecule has 0 heterocycles. The normalized spacial score (nSPS) is 25.7. The Labute approximate surface area is 203 Å². The quantitative estimate of drug-likeness (QED) is 0.379. The van der Waals surface area contributed by atoms with Crippen molar-refractivity contribution in [2.75, 3.05) is 0 Å². The summed E-state index contributed by atoms with van der Waals surface area (Å²) < 4.78 is 44.4. The Morgan fingerprint density at radius 1 is 0.765 bits per heavy atom. The summed E-state index contributed by atoms with van der Waals surface area (Å²) in [7, 11) is 0. The maximum absolute atomic E-state index is 15.1. The van der Waals surface area contributed by atoms with Crippen molar-refractivity contribution in [1.82, 2.24) is 0 Å². The van der Waals surface area contributed by atoms with Crippen LogP contribution in [0.25, 0.3) is 6.08 Å². The van der Waals surface area contributed by atoms with E-state index in [9.17, 15) is 4.39 Å². The van der Waals surface area contributed by atoms with Crippen LogP contribution in [0, 0.1) is 29.3 Å². The van der Waals surface area contributed by atoms with Crippen LogP contribution in [0.3, 0.4) is 0 Å². The third-order valence-corrected chi connectivity index (χ3v) is 8.37. The molecule has 0 saturated heterocycles. The summed E-state index contributed by atoms with van der Waals surface area (Å²) in [4.78, 5) is 0. The number of hydrogen-bond acceptors (Lipinski definition) is 0. The average Bonchev–Trinajstić information content (AvgIpc) is 2.86. The van der Waals surface area contributed by atoms with Gasteiger partial charge in [0, 0.05) is 0 Å². The second-order valence-corrected chi connectivity index (χ2v) is 10.6. The van der Waals surface area contributed by atoms with E-state index in [-0.39, 0.29) is 17.7 Å². The van der Waals surface area contributed by atoms with Crippen molar-refractivity contribution in [3.63, 3.8) is 0 Å². The van der Waals surface area contributed by atoms with Gasteiger partial charge in [0.15, 0.2) is 11.6 Å². The number of rotatable bonds is 7. The third kappa shape index (κ3) is 5.78. The molecule has 0 amide bonds. The van der Waals surface area contributed by atoms with Crippen molar-refractivity contribution < 1.29 is 13.2 Å². The molecule has 2 aliphatic carbocycles. The summed E-state index contributed by atoms with van der Waals surface area (Å²) in [6.45, 7) is 4.27. The molecule has 0 atom stereocenters. The molecule has 0 nitrogen and oxygen atoms in total. The van der Waals surface area contributed by atoms with Crippen LogP contribution in [0.5, 0.6) is 0 Å². The molecule has 3 heteroatoms. The highest BCUT2D eigenvalue weighted by Gasteiger charge is 2.29. The summed E-state index contributed by atoms with van der Waals surface area (Å²) in [5.41, 5.74) is 2.80. The fourth-order valence-electron chi connectivity index (χ4n) is 6.10. The van der Waals surface area contributed by atoms with Gasteiger partial charge in [-0.3, -0.25) is 0 Å². The lowest BCUT2D eigenvalue weighted by Crippen LogP contribution is -2.16. The Hall–Kier alpha value is -2.03. The smallest absolute Gasteiger partial charge is 0.162 e. The first-order valence-electron chi connectivity index (χ1n) is 13.4. The largest absolute Gasteiger partial charge is 0.207 e. The highest BCUT2D eigenvalue weighted by atomic mass is 19.2. The van der Waals surface area contributed by atoms with Crippen LogP contribution >= 0.6 is 0 Å². The first-order valence-corrected chi connectivity index (χ1v) is 13.4. The molecule has 0 spiro atoms. The third-order valence-electron chi connectivity index (χ3n) is 8.37. The van der Waals surface area contributed by atoms with Crippen molar-refractivity contribution in [1.29, 1.82) is 0 Å². The van der Waals surface area contributed by atoms with E-state index in [2.05, 4.69) is 19.9 Å². The van der Waals surface area contributed by atoms with Crippen molar-refractivity contribution >= 4 is 6.08 Å². The van der Waals surface area contributed by atoms with Crippen LogP contribution in [0.4, 0.5) is 13.2 Å². The van der Waals surface area contributed by atoms with Gasteiger partial charge in [-0.1, -0.05) is 63.1 Å². The van der Waals surface area contributed by atoms with Gasteiger partial charge in [0.1, 0.15) is 5.82 Å². The number of hydrogen-bond donors (Lipinski definition) is 0. The van der Waals surface area contributed by atoms with Gasteiger partial charge < -0.3 is 0 Å². The molecule has 2 fully saturated rings. The van der Waals surface area contributed by atoms with Crippen LogP contribution in [0.2, 0.25) is 0 Å². The highest BCUT2D eigenvalue weighted by Crippen LogP contribution is 2.42. The fraction of sp³-hybridized carbons (Fsp3) is 0.548. The Balaban J connectivity index is 1.35. The summed E-state index contributed by atoms with van der Waals surface area (Å²) in [6, 6.07) is 9.20. The summed E-state index contributed by atoms with van der Waals surface area (Å²) in [6.07, 6.45) is 14.8. The number of aryl methyl sites for hydroxylation is 1. The lowest BCUT2D eigenvalue weighted by Gasteiger charge is -2.30.